The number of piperazine rings is 1. The van der Waals surface area contributed by atoms with Gasteiger partial charge >= 0.3 is 18.2 Å². The number of ether oxygens (including phenoxy) is 2. The average Bonchev–Trinajstić information content (AvgIpc) is 2.65. The predicted octanol–water partition coefficient (Wildman–Crippen LogP) is 3.27. The SMILES string of the molecule is C=CCC1CN(C(=O)OCc2ccccc2)CC(C(=O)O)N1C(=O)OC(C)(C)C. The first-order chi connectivity index (χ1) is 13.6. The second-order valence-corrected chi connectivity index (χ2v) is 7.87. The third-order valence-corrected chi connectivity index (χ3v) is 4.35. The van der Waals surface area contributed by atoms with Gasteiger partial charge in [0.15, 0.2) is 6.04 Å². The van der Waals surface area contributed by atoms with Gasteiger partial charge in [0, 0.05) is 6.54 Å². The van der Waals surface area contributed by atoms with E-state index >= 15 is 0 Å². The summed E-state index contributed by atoms with van der Waals surface area (Å²) in [5, 5.41) is 9.70. The maximum absolute atomic E-state index is 12.7. The highest BCUT2D eigenvalue weighted by atomic mass is 16.6. The van der Waals surface area contributed by atoms with Crippen LogP contribution in [-0.4, -0.2) is 63.8 Å². The molecule has 158 valence electrons. The highest BCUT2D eigenvalue weighted by Crippen LogP contribution is 2.23. The van der Waals surface area contributed by atoms with Crippen LogP contribution in [0.25, 0.3) is 0 Å². The number of hydrogen-bond acceptors (Lipinski definition) is 5. The van der Waals surface area contributed by atoms with Gasteiger partial charge in [0.25, 0.3) is 0 Å². The van der Waals surface area contributed by atoms with Crippen molar-refractivity contribution in [2.24, 2.45) is 0 Å². The van der Waals surface area contributed by atoms with Gasteiger partial charge in [-0.1, -0.05) is 36.4 Å². The van der Waals surface area contributed by atoms with Crippen molar-refractivity contribution in [3.8, 4) is 0 Å². The van der Waals surface area contributed by atoms with E-state index in [2.05, 4.69) is 6.58 Å². The van der Waals surface area contributed by atoms with Crippen LogP contribution in [0.15, 0.2) is 43.0 Å². The molecule has 29 heavy (non-hydrogen) atoms. The van der Waals surface area contributed by atoms with Crippen molar-refractivity contribution in [2.45, 2.75) is 51.5 Å². The smallest absolute Gasteiger partial charge is 0.411 e. The van der Waals surface area contributed by atoms with Gasteiger partial charge < -0.3 is 19.5 Å². The molecule has 1 heterocycles. The molecule has 1 aliphatic rings. The summed E-state index contributed by atoms with van der Waals surface area (Å²) in [5.41, 5.74) is 0.0515. The predicted molar refractivity (Wildman–Crippen MR) is 106 cm³/mol. The highest BCUT2D eigenvalue weighted by molar-refractivity contribution is 5.82. The minimum Gasteiger partial charge on any atom is -0.480 e. The molecule has 0 aromatic heterocycles. The largest absolute Gasteiger partial charge is 0.480 e. The van der Waals surface area contributed by atoms with Crippen molar-refractivity contribution < 1.29 is 29.0 Å². The van der Waals surface area contributed by atoms with Crippen molar-refractivity contribution in [2.75, 3.05) is 13.1 Å². The van der Waals surface area contributed by atoms with E-state index in [4.69, 9.17) is 9.47 Å². The van der Waals surface area contributed by atoms with Crippen LogP contribution in [0.4, 0.5) is 9.59 Å². The lowest BCUT2D eigenvalue weighted by molar-refractivity contribution is -0.147. The molecule has 2 amide bonds. The molecule has 2 unspecified atom stereocenters. The Morgan fingerprint density at radius 1 is 1.17 bits per heavy atom. The molecule has 1 fully saturated rings. The fourth-order valence-electron chi connectivity index (χ4n) is 3.10. The lowest BCUT2D eigenvalue weighted by atomic mass is 10.0. The molecular weight excluding hydrogens is 376 g/mol. The van der Waals surface area contributed by atoms with Gasteiger partial charge in [-0.3, -0.25) is 4.90 Å². The molecule has 2 atom stereocenters. The van der Waals surface area contributed by atoms with Crippen molar-refractivity contribution in [1.82, 2.24) is 9.80 Å². The Balaban J connectivity index is 2.15. The van der Waals surface area contributed by atoms with Crippen LogP contribution in [0, 0.1) is 0 Å². The molecule has 1 aromatic rings. The number of amides is 2. The van der Waals surface area contributed by atoms with E-state index in [1.54, 1.807) is 26.8 Å². The van der Waals surface area contributed by atoms with Crippen LogP contribution in [0.3, 0.4) is 0 Å². The Bertz CT molecular complexity index is 743. The first kappa shape index (κ1) is 22.3. The van der Waals surface area contributed by atoms with E-state index in [0.29, 0.717) is 6.42 Å². The van der Waals surface area contributed by atoms with Gasteiger partial charge in [-0.25, -0.2) is 14.4 Å². The van der Waals surface area contributed by atoms with Gasteiger partial charge in [-0.15, -0.1) is 6.58 Å². The van der Waals surface area contributed by atoms with E-state index in [1.165, 1.54) is 9.80 Å². The van der Waals surface area contributed by atoms with Crippen molar-refractivity contribution in [3.63, 3.8) is 0 Å². The van der Waals surface area contributed by atoms with Gasteiger partial charge in [0.05, 0.1) is 12.6 Å². The number of aliphatic carboxylic acids is 1. The molecule has 0 spiro atoms. The average molecular weight is 404 g/mol. The maximum atomic E-state index is 12.7. The standard InChI is InChI=1S/C21H28N2O6/c1-5-9-16-12-22(19(26)28-14-15-10-7-6-8-11-15)13-17(18(24)25)23(16)20(27)29-21(2,3)4/h5-8,10-11,16-17H,1,9,12-14H2,2-4H3,(H,24,25). The van der Waals surface area contributed by atoms with E-state index in [1.807, 2.05) is 30.3 Å². The fourth-order valence-corrected chi connectivity index (χ4v) is 3.10. The second kappa shape index (κ2) is 9.45. The fraction of sp³-hybridized carbons (Fsp3) is 0.476. The molecule has 8 heteroatoms. The zero-order valence-corrected chi connectivity index (χ0v) is 17.0. The number of carboxylic acids is 1. The molecular formula is C21H28N2O6. The quantitative estimate of drug-likeness (QED) is 0.757. The topological polar surface area (TPSA) is 96.4 Å². The van der Waals surface area contributed by atoms with E-state index in [0.717, 1.165) is 5.56 Å². The van der Waals surface area contributed by atoms with Crippen molar-refractivity contribution in [1.29, 1.82) is 0 Å². The molecule has 8 nitrogen and oxygen atoms in total. The minimum atomic E-state index is -1.24. The maximum Gasteiger partial charge on any atom is 0.411 e. The Morgan fingerprint density at radius 2 is 1.83 bits per heavy atom. The third-order valence-electron chi connectivity index (χ3n) is 4.35. The Labute approximate surface area is 170 Å². The number of benzene rings is 1. The number of carboxylic acid groups (broad SMARTS) is 1. The normalized spacial score (nSPS) is 19.4. The van der Waals surface area contributed by atoms with Crippen LogP contribution >= 0.6 is 0 Å². The molecule has 0 radical (unpaired) electrons. The van der Waals surface area contributed by atoms with Gasteiger partial charge in [-0.05, 0) is 32.8 Å². The van der Waals surface area contributed by atoms with E-state index in [9.17, 15) is 19.5 Å². The summed E-state index contributed by atoms with van der Waals surface area (Å²) in [4.78, 5) is 39.6. The zero-order chi connectivity index (χ0) is 21.6. The summed E-state index contributed by atoms with van der Waals surface area (Å²) in [6.07, 6.45) is 0.540. The van der Waals surface area contributed by atoms with Crippen LogP contribution in [0.1, 0.15) is 32.8 Å². The molecule has 0 bridgehead atoms. The van der Waals surface area contributed by atoms with Crippen LogP contribution in [0.5, 0.6) is 0 Å². The zero-order valence-electron chi connectivity index (χ0n) is 17.0. The van der Waals surface area contributed by atoms with Crippen molar-refractivity contribution >= 4 is 18.2 Å². The van der Waals surface area contributed by atoms with Crippen LogP contribution in [-0.2, 0) is 20.9 Å². The molecule has 1 aliphatic heterocycles. The van der Waals surface area contributed by atoms with Crippen LogP contribution in [0.2, 0.25) is 0 Å². The summed E-state index contributed by atoms with van der Waals surface area (Å²) in [6.45, 7) is 8.83. The number of hydrogen-bond donors (Lipinski definition) is 1. The van der Waals surface area contributed by atoms with Gasteiger partial charge in [0.2, 0.25) is 0 Å². The number of carbonyl (C=O) groups excluding carboxylic acids is 2. The number of nitrogens with zero attached hydrogens (tertiary/aromatic N) is 2. The number of rotatable bonds is 5. The van der Waals surface area contributed by atoms with E-state index < -0.39 is 35.8 Å². The van der Waals surface area contributed by atoms with Crippen LogP contribution < -0.4 is 0 Å². The molecule has 0 aliphatic carbocycles. The van der Waals surface area contributed by atoms with Gasteiger partial charge in [-0.2, -0.15) is 0 Å². The molecule has 1 aromatic carbocycles. The summed E-state index contributed by atoms with van der Waals surface area (Å²) in [5.74, 6) is -1.22. The molecule has 2 rings (SSSR count). The third kappa shape index (κ3) is 6.23. The lowest BCUT2D eigenvalue weighted by Gasteiger charge is -2.44. The first-order valence-electron chi connectivity index (χ1n) is 9.43. The molecule has 1 N–H and O–H groups in total. The Morgan fingerprint density at radius 3 is 2.38 bits per heavy atom. The summed E-state index contributed by atoms with van der Waals surface area (Å²) in [7, 11) is 0. The monoisotopic (exact) mass is 404 g/mol. The minimum absolute atomic E-state index is 0.0792. The Hall–Kier alpha value is -3.03. The Kier molecular flexibility index (Phi) is 7.25. The summed E-state index contributed by atoms with van der Waals surface area (Å²) >= 11 is 0. The number of carbonyl (C=O) groups is 3. The lowest BCUT2D eigenvalue weighted by Crippen LogP contribution is -2.64. The summed E-state index contributed by atoms with van der Waals surface area (Å²) < 4.78 is 10.7. The summed E-state index contributed by atoms with van der Waals surface area (Å²) in [6, 6.07) is 7.36. The van der Waals surface area contributed by atoms with E-state index in [-0.39, 0.29) is 19.7 Å². The first-order valence-corrected chi connectivity index (χ1v) is 9.43. The van der Waals surface area contributed by atoms with Gasteiger partial charge in [0.1, 0.15) is 12.2 Å². The second-order valence-electron chi connectivity index (χ2n) is 7.87. The highest BCUT2D eigenvalue weighted by Gasteiger charge is 2.44. The molecule has 1 saturated heterocycles. The van der Waals surface area contributed by atoms with Crippen molar-refractivity contribution in [3.05, 3.63) is 48.6 Å². The molecule has 0 saturated carbocycles.